The molecule has 0 atom stereocenters. The molecule has 0 aliphatic carbocycles. The lowest BCUT2D eigenvalue weighted by Crippen LogP contribution is -2.05. The summed E-state index contributed by atoms with van der Waals surface area (Å²) < 4.78 is 5.47. The van der Waals surface area contributed by atoms with Gasteiger partial charge >= 0.3 is 6.01 Å². The Labute approximate surface area is 133 Å². The van der Waals surface area contributed by atoms with Crippen molar-refractivity contribution in [3.63, 3.8) is 0 Å². The molecule has 0 bridgehead atoms. The van der Waals surface area contributed by atoms with Crippen molar-refractivity contribution in [2.75, 3.05) is 19.0 Å². The molecule has 0 fully saturated rings. The summed E-state index contributed by atoms with van der Waals surface area (Å²) in [4.78, 5) is 12.8. The molecule has 112 valence electrons. The van der Waals surface area contributed by atoms with E-state index in [0.717, 1.165) is 17.0 Å². The average Bonchev–Trinajstić information content (AvgIpc) is 2.52. The fourth-order valence-corrected chi connectivity index (χ4v) is 2.64. The summed E-state index contributed by atoms with van der Waals surface area (Å²) in [6, 6.07) is 8.08. The van der Waals surface area contributed by atoms with Crippen LogP contribution in [0.5, 0.6) is 6.01 Å². The van der Waals surface area contributed by atoms with Gasteiger partial charge < -0.3 is 10.1 Å². The van der Waals surface area contributed by atoms with Crippen LogP contribution in [0.25, 0.3) is 0 Å². The Morgan fingerprint density at radius 2 is 2.05 bits per heavy atom. The number of ether oxygens (including phenoxy) is 1. The summed E-state index contributed by atoms with van der Waals surface area (Å²) in [5.41, 5.74) is 1.05. The van der Waals surface area contributed by atoms with E-state index in [1.54, 1.807) is 7.05 Å². The fraction of sp³-hybridized carbons (Fsp3) is 0.357. The molecule has 2 aromatic rings. The zero-order valence-electron chi connectivity index (χ0n) is 12.0. The van der Waals surface area contributed by atoms with E-state index in [4.69, 9.17) is 16.3 Å². The molecular weight excluding hydrogens is 308 g/mol. The number of benzene rings is 1. The number of halogens is 1. The topological polar surface area (TPSA) is 59.9 Å². The highest BCUT2D eigenvalue weighted by atomic mass is 35.5. The molecule has 1 aromatic carbocycles. The Hall–Kier alpha value is -1.53. The van der Waals surface area contributed by atoms with Gasteiger partial charge in [-0.3, -0.25) is 0 Å². The molecule has 21 heavy (non-hydrogen) atoms. The summed E-state index contributed by atoms with van der Waals surface area (Å²) >= 11 is 7.64. The van der Waals surface area contributed by atoms with Crippen molar-refractivity contribution in [3.05, 3.63) is 34.9 Å². The Kier molecular flexibility index (Phi) is 6.07. The van der Waals surface area contributed by atoms with Crippen LogP contribution in [-0.2, 0) is 5.75 Å². The molecule has 0 saturated heterocycles. The monoisotopic (exact) mass is 324 g/mol. The van der Waals surface area contributed by atoms with E-state index in [2.05, 4.69) is 20.3 Å². The van der Waals surface area contributed by atoms with E-state index in [0.29, 0.717) is 29.5 Å². The van der Waals surface area contributed by atoms with Crippen LogP contribution in [-0.4, -0.2) is 28.6 Å². The third-order valence-corrected chi connectivity index (χ3v) is 3.83. The Morgan fingerprint density at radius 1 is 1.24 bits per heavy atom. The molecule has 2 rings (SSSR count). The average molecular weight is 325 g/mol. The second kappa shape index (κ2) is 8.05. The molecule has 0 aliphatic heterocycles. The number of hydrogen-bond acceptors (Lipinski definition) is 6. The van der Waals surface area contributed by atoms with E-state index < -0.39 is 0 Å². The highest BCUT2D eigenvalue weighted by Gasteiger charge is 2.08. The molecule has 0 aliphatic rings. The number of nitrogens with zero attached hydrogens (tertiary/aromatic N) is 3. The van der Waals surface area contributed by atoms with Gasteiger partial charge in [-0.15, -0.1) is 0 Å². The van der Waals surface area contributed by atoms with Crippen molar-refractivity contribution in [1.82, 2.24) is 15.0 Å². The summed E-state index contributed by atoms with van der Waals surface area (Å²) in [5.74, 6) is 1.19. The number of nitrogens with one attached hydrogen (secondary N) is 1. The molecule has 5 nitrogen and oxygen atoms in total. The standard InChI is InChI=1S/C14H17ClN4OS/c1-3-8-20-13-17-12(16-2)18-14(19-13)21-9-10-6-4-5-7-11(10)15/h4-7H,3,8-9H2,1-2H3,(H,16,17,18,19). The number of rotatable bonds is 7. The first-order valence-corrected chi connectivity index (χ1v) is 8.02. The van der Waals surface area contributed by atoms with E-state index in [-0.39, 0.29) is 0 Å². The molecular formula is C14H17ClN4OS. The smallest absolute Gasteiger partial charge is 0.322 e. The lowest BCUT2D eigenvalue weighted by atomic mass is 10.2. The second-order valence-electron chi connectivity index (χ2n) is 4.20. The zero-order chi connectivity index (χ0) is 15.1. The van der Waals surface area contributed by atoms with Gasteiger partial charge in [0.15, 0.2) is 5.16 Å². The third-order valence-electron chi connectivity index (χ3n) is 2.57. The maximum absolute atomic E-state index is 6.15. The quantitative estimate of drug-likeness (QED) is 0.784. The third kappa shape index (κ3) is 4.75. The number of hydrogen-bond donors (Lipinski definition) is 1. The molecule has 0 spiro atoms. The fourth-order valence-electron chi connectivity index (χ4n) is 1.53. The number of anilines is 1. The maximum atomic E-state index is 6.15. The molecule has 0 amide bonds. The van der Waals surface area contributed by atoms with Crippen LogP contribution in [0.4, 0.5) is 5.95 Å². The van der Waals surface area contributed by atoms with E-state index in [1.807, 2.05) is 31.2 Å². The van der Waals surface area contributed by atoms with Gasteiger partial charge in [0.2, 0.25) is 5.95 Å². The zero-order valence-corrected chi connectivity index (χ0v) is 13.5. The second-order valence-corrected chi connectivity index (χ2v) is 5.55. The van der Waals surface area contributed by atoms with Gasteiger partial charge in [-0.25, -0.2) is 0 Å². The Bertz CT molecular complexity index is 597. The summed E-state index contributed by atoms with van der Waals surface area (Å²) in [6.07, 6.45) is 0.905. The molecule has 1 heterocycles. The van der Waals surface area contributed by atoms with Crippen LogP contribution >= 0.6 is 23.4 Å². The molecule has 0 saturated carbocycles. The van der Waals surface area contributed by atoms with Crippen molar-refractivity contribution < 1.29 is 4.74 Å². The SMILES string of the molecule is CCCOc1nc(NC)nc(SCc2ccccc2Cl)n1. The van der Waals surface area contributed by atoms with E-state index in [1.165, 1.54) is 11.8 Å². The molecule has 1 N–H and O–H groups in total. The van der Waals surface area contributed by atoms with Crippen molar-refractivity contribution in [3.8, 4) is 6.01 Å². The Morgan fingerprint density at radius 3 is 2.76 bits per heavy atom. The van der Waals surface area contributed by atoms with Crippen LogP contribution in [0.1, 0.15) is 18.9 Å². The predicted octanol–water partition coefficient (Wildman–Crippen LogP) is 3.65. The summed E-state index contributed by atoms with van der Waals surface area (Å²) in [5, 5.41) is 4.27. The highest BCUT2D eigenvalue weighted by molar-refractivity contribution is 7.98. The molecule has 0 radical (unpaired) electrons. The van der Waals surface area contributed by atoms with Crippen LogP contribution in [0.3, 0.4) is 0 Å². The van der Waals surface area contributed by atoms with Gasteiger partial charge in [-0.2, -0.15) is 15.0 Å². The largest absolute Gasteiger partial charge is 0.463 e. The highest BCUT2D eigenvalue weighted by Crippen LogP contribution is 2.25. The van der Waals surface area contributed by atoms with Crippen molar-refractivity contribution >= 4 is 29.3 Å². The van der Waals surface area contributed by atoms with Crippen LogP contribution < -0.4 is 10.1 Å². The first kappa shape index (κ1) is 15.9. The van der Waals surface area contributed by atoms with Crippen LogP contribution in [0.15, 0.2) is 29.4 Å². The number of thioether (sulfide) groups is 1. The normalized spacial score (nSPS) is 10.4. The Balaban J connectivity index is 2.09. The van der Waals surface area contributed by atoms with Crippen LogP contribution in [0, 0.1) is 0 Å². The molecule has 7 heteroatoms. The lowest BCUT2D eigenvalue weighted by molar-refractivity contribution is 0.288. The predicted molar refractivity (Wildman–Crippen MR) is 86.2 cm³/mol. The lowest BCUT2D eigenvalue weighted by Gasteiger charge is -2.07. The minimum absolute atomic E-state index is 0.345. The van der Waals surface area contributed by atoms with Gasteiger partial charge in [-0.05, 0) is 18.1 Å². The first-order valence-electron chi connectivity index (χ1n) is 6.65. The summed E-state index contributed by atoms with van der Waals surface area (Å²) in [6.45, 7) is 2.62. The first-order chi connectivity index (χ1) is 10.2. The van der Waals surface area contributed by atoms with Crippen molar-refractivity contribution in [2.24, 2.45) is 0 Å². The van der Waals surface area contributed by atoms with Gasteiger partial charge in [0.1, 0.15) is 0 Å². The summed E-state index contributed by atoms with van der Waals surface area (Å²) in [7, 11) is 1.77. The minimum Gasteiger partial charge on any atom is -0.463 e. The van der Waals surface area contributed by atoms with Gasteiger partial charge in [0.05, 0.1) is 6.61 Å². The minimum atomic E-state index is 0.345. The van der Waals surface area contributed by atoms with E-state index >= 15 is 0 Å². The molecule has 1 aromatic heterocycles. The van der Waals surface area contributed by atoms with Gasteiger partial charge in [0, 0.05) is 17.8 Å². The van der Waals surface area contributed by atoms with Crippen molar-refractivity contribution in [2.45, 2.75) is 24.3 Å². The van der Waals surface area contributed by atoms with E-state index in [9.17, 15) is 0 Å². The molecule has 0 unspecified atom stereocenters. The van der Waals surface area contributed by atoms with Gasteiger partial charge in [0.25, 0.3) is 0 Å². The number of aromatic nitrogens is 3. The van der Waals surface area contributed by atoms with Crippen LogP contribution in [0.2, 0.25) is 5.02 Å². The van der Waals surface area contributed by atoms with Crippen molar-refractivity contribution in [1.29, 1.82) is 0 Å². The maximum Gasteiger partial charge on any atom is 0.322 e. The van der Waals surface area contributed by atoms with Gasteiger partial charge in [-0.1, -0.05) is 48.5 Å².